The van der Waals surface area contributed by atoms with Crippen molar-refractivity contribution in [1.82, 2.24) is 0 Å². The van der Waals surface area contributed by atoms with Gasteiger partial charge in [0.15, 0.2) is 11.9 Å². The molecule has 0 aromatic heterocycles. The van der Waals surface area contributed by atoms with Crippen molar-refractivity contribution in [2.24, 2.45) is 0 Å². The van der Waals surface area contributed by atoms with Crippen LogP contribution in [0.1, 0.15) is 33.6 Å². The van der Waals surface area contributed by atoms with E-state index in [-0.39, 0.29) is 18.8 Å². The molecular formula is C15H26O6. The summed E-state index contributed by atoms with van der Waals surface area (Å²) in [6.07, 6.45) is -0.460. The Morgan fingerprint density at radius 1 is 1.38 bits per heavy atom. The largest absolute Gasteiger partial charge is 0.508 e. The minimum atomic E-state index is -0.706. The van der Waals surface area contributed by atoms with Crippen LogP contribution in [0.3, 0.4) is 0 Å². The summed E-state index contributed by atoms with van der Waals surface area (Å²) >= 11 is 0. The van der Waals surface area contributed by atoms with Gasteiger partial charge in [-0.3, -0.25) is 0 Å². The summed E-state index contributed by atoms with van der Waals surface area (Å²) < 4.78 is 26.7. The summed E-state index contributed by atoms with van der Waals surface area (Å²) in [5.41, 5.74) is 0.748. The molecule has 3 atom stereocenters. The van der Waals surface area contributed by atoms with Gasteiger partial charge in [0.2, 0.25) is 0 Å². The van der Waals surface area contributed by atoms with E-state index in [1.54, 1.807) is 21.1 Å². The molecule has 0 saturated heterocycles. The zero-order valence-electron chi connectivity index (χ0n) is 13.5. The Hall–Kier alpha value is -1.11. The molecule has 0 aromatic carbocycles. The second-order valence-corrected chi connectivity index (χ2v) is 5.44. The van der Waals surface area contributed by atoms with Gasteiger partial charge in [-0.05, 0) is 32.8 Å². The van der Waals surface area contributed by atoms with Gasteiger partial charge in [0.25, 0.3) is 0 Å². The van der Waals surface area contributed by atoms with E-state index in [9.17, 15) is 4.79 Å². The molecule has 0 amide bonds. The summed E-state index contributed by atoms with van der Waals surface area (Å²) in [7, 11) is 3.17. The maximum atomic E-state index is 11.5. The lowest BCUT2D eigenvalue weighted by Gasteiger charge is -2.38. The molecule has 6 nitrogen and oxygen atoms in total. The summed E-state index contributed by atoms with van der Waals surface area (Å²) in [5, 5.41) is 0. The van der Waals surface area contributed by atoms with Crippen LogP contribution in [0.4, 0.5) is 4.79 Å². The van der Waals surface area contributed by atoms with Crippen LogP contribution in [-0.2, 0) is 23.7 Å². The Kier molecular flexibility index (Phi) is 6.64. The molecule has 0 bridgehead atoms. The van der Waals surface area contributed by atoms with E-state index in [1.807, 2.05) is 13.8 Å². The quantitative estimate of drug-likeness (QED) is 0.427. The first-order valence-electron chi connectivity index (χ1n) is 7.09. The van der Waals surface area contributed by atoms with Gasteiger partial charge in [0.05, 0.1) is 12.7 Å². The van der Waals surface area contributed by atoms with Gasteiger partial charge in [-0.15, -0.1) is 0 Å². The van der Waals surface area contributed by atoms with Gasteiger partial charge in [0.1, 0.15) is 6.10 Å². The van der Waals surface area contributed by atoms with Crippen molar-refractivity contribution in [1.29, 1.82) is 0 Å². The molecule has 0 heterocycles. The highest BCUT2D eigenvalue weighted by molar-refractivity contribution is 5.60. The Balaban J connectivity index is 2.68. The van der Waals surface area contributed by atoms with Gasteiger partial charge < -0.3 is 23.7 Å². The number of hydrogen-bond donors (Lipinski definition) is 0. The fraction of sp³-hybridized carbons (Fsp3) is 0.800. The standard InChI is InChI=1S/C15H26O6/c1-7-19-14(16)20-13-10(2)8-11(9-12(13)17-5)21-15(3,4)18-6/h11-13H,2,7-9H2,1,3-6H3. The normalized spacial score (nSPS) is 26.5. The SMILES string of the molecule is C=C1CC(OC(C)(C)OC)CC(OC)C1OC(=O)OCC. The van der Waals surface area contributed by atoms with E-state index >= 15 is 0 Å². The van der Waals surface area contributed by atoms with Crippen LogP contribution in [-0.4, -0.2) is 51.1 Å². The van der Waals surface area contributed by atoms with Gasteiger partial charge in [0, 0.05) is 20.6 Å². The highest BCUT2D eigenvalue weighted by Crippen LogP contribution is 2.32. The zero-order chi connectivity index (χ0) is 16.0. The molecule has 1 fully saturated rings. The van der Waals surface area contributed by atoms with Crippen LogP contribution in [0.15, 0.2) is 12.2 Å². The minimum absolute atomic E-state index is 0.0977. The van der Waals surface area contributed by atoms with Crippen molar-refractivity contribution in [3.8, 4) is 0 Å². The van der Waals surface area contributed by atoms with Crippen LogP contribution < -0.4 is 0 Å². The number of carbonyl (C=O) groups is 1. The molecule has 1 aliphatic carbocycles. The summed E-state index contributed by atoms with van der Waals surface area (Å²) in [6, 6.07) is 0. The molecule has 0 aliphatic heterocycles. The fourth-order valence-corrected chi connectivity index (χ4v) is 2.31. The molecule has 1 saturated carbocycles. The molecule has 1 rings (SSSR count). The molecule has 6 heteroatoms. The van der Waals surface area contributed by atoms with Gasteiger partial charge in [-0.2, -0.15) is 0 Å². The monoisotopic (exact) mass is 302 g/mol. The number of carbonyl (C=O) groups excluding carboxylic acids is 1. The first kappa shape index (κ1) is 17.9. The molecular weight excluding hydrogens is 276 g/mol. The maximum absolute atomic E-state index is 11.5. The first-order chi connectivity index (χ1) is 9.82. The molecule has 122 valence electrons. The summed E-state index contributed by atoms with van der Waals surface area (Å²) in [6.45, 7) is 9.66. The lowest BCUT2D eigenvalue weighted by molar-refractivity contribution is -0.233. The van der Waals surface area contributed by atoms with Crippen molar-refractivity contribution >= 4 is 6.16 Å². The van der Waals surface area contributed by atoms with E-state index in [0.29, 0.717) is 12.8 Å². The lowest BCUT2D eigenvalue weighted by Crippen LogP contribution is -2.45. The number of ether oxygens (including phenoxy) is 5. The lowest BCUT2D eigenvalue weighted by atomic mass is 9.88. The third kappa shape index (κ3) is 5.30. The molecule has 3 unspecified atom stereocenters. The third-order valence-corrected chi connectivity index (χ3v) is 3.46. The zero-order valence-corrected chi connectivity index (χ0v) is 13.5. The van der Waals surface area contributed by atoms with Crippen LogP contribution in [0.5, 0.6) is 0 Å². The number of rotatable bonds is 6. The predicted octanol–water partition coefficient (Wildman–Crippen LogP) is 2.66. The number of methoxy groups -OCH3 is 2. The molecule has 0 spiro atoms. The first-order valence-corrected chi connectivity index (χ1v) is 7.09. The second kappa shape index (κ2) is 7.77. The third-order valence-electron chi connectivity index (χ3n) is 3.46. The van der Waals surface area contributed by atoms with Crippen LogP contribution in [0, 0.1) is 0 Å². The van der Waals surface area contributed by atoms with E-state index in [0.717, 1.165) is 5.57 Å². The fourth-order valence-electron chi connectivity index (χ4n) is 2.31. The molecule has 0 N–H and O–H groups in total. The average molecular weight is 302 g/mol. The second-order valence-electron chi connectivity index (χ2n) is 5.44. The van der Waals surface area contributed by atoms with Crippen LogP contribution >= 0.6 is 0 Å². The predicted molar refractivity (Wildman–Crippen MR) is 77.0 cm³/mol. The van der Waals surface area contributed by atoms with E-state index < -0.39 is 18.0 Å². The van der Waals surface area contributed by atoms with E-state index in [2.05, 4.69) is 6.58 Å². The summed E-state index contributed by atoms with van der Waals surface area (Å²) in [5.74, 6) is -0.682. The molecule has 1 aliphatic rings. The van der Waals surface area contributed by atoms with Crippen LogP contribution in [0.25, 0.3) is 0 Å². The van der Waals surface area contributed by atoms with Crippen molar-refractivity contribution in [2.45, 2.75) is 57.7 Å². The summed E-state index contributed by atoms with van der Waals surface area (Å²) in [4.78, 5) is 11.5. The van der Waals surface area contributed by atoms with Gasteiger partial charge in [-0.1, -0.05) is 6.58 Å². The molecule has 0 radical (unpaired) electrons. The molecule has 21 heavy (non-hydrogen) atoms. The van der Waals surface area contributed by atoms with Gasteiger partial charge in [-0.25, -0.2) is 4.79 Å². The Bertz CT molecular complexity index is 365. The highest BCUT2D eigenvalue weighted by atomic mass is 16.7. The van der Waals surface area contributed by atoms with Crippen molar-refractivity contribution < 1.29 is 28.5 Å². The topological polar surface area (TPSA) is 63.2 Å². The maximum Gasteiger partial charge on any atom is 0.508 e. The van der Waals surface area contributed by atoms with Crippen molar-refractivity contribution in [2.75, 3.05) is 20.8 Å². The minimum Gasteiger partial charge on any atom is -0.435 e. The van der Waals surface area contributed by atoms with Crippen molar-refractivity contribution in [3.05, 3.63) is 12.2 Å². The Morgan fingerprint density at radius 2 is 2.05 bits per heavy atom. The Labute approximate surface area is 126 Å². The highest BCUT2D eigenvalue weighted by Gasteiger charge is 2.38. The Morgan fingerprint density at radius 3 is 2.57 bits per heavy atom. The van der Waals surface area contributed by atoms with Crippen molar-refractivity contribution in [3.63, 3.8) is 0 Å². The average Bonchev–Trinajstić information content (AvgIpc) is 2.41. The number of hydrogen-bond acceptors (Lipinski definition) is 6. The van der Waals surface area contributed by atoms with Gasteiger partial charge >= 0.3 is 6.16 Å². The van der Waals surface area contributed by atoms with Crippen LogP contribution in [0.2, 0.25) is 0 Å². The smallest absolute Gasteiger partial charge is 0.435 e. The molecule has 0 aromatic rings. The van der Waals surface area contributed by atoms with E-state index in [4.69, 9.17) is 23.7 Å². The van der Waals surface area contributed by atoms with E-state index in [1.165, 1.54) is 0 Å².